The number of benzene rings is 1. The minimum absolute atomic E-state index is 0.0326. The molecule has 1 atom stereocenters. The maximum absolute atomic E-state index is 13.4. The van der Waals surface area contributed by atoms with Crippen molar-refractivity contribution in [2.45, 2.75) is 47.6 Å². The molecular formula is C25H21NO13. The Morgan fingerprint density at radius 3 is 1.72 bits per heavy atom. The van der Waals surface area contributed by atoms with E-state index in [4.69, 9.17) is 28.4 Å². The first kappa shape index (κ1) is 28.4. The average molecular weight is 543 g/mol. The number of Topliss-reactive ketones (excluding diaryl/α,β-unsaturated/α-hetero) is 1. The minimum atomic E-state index is -1.83. The van der Waals surface area contributed by atoms with Crippen LogP contribution in [-0.4, -0.2) is 52.7 Å². The summed E-state index contributed by atoms with van der Waals surface area (Å²) >= 11 is 0. The molecule has 204 valence electrons. The van der Waals surface area contributed by atoms with Crippen LogP contribution in [0.3, 0.4) is 0 Å². The Labute approximate surface area is 219 Å². The van der Waals surface area contributed by atoms with Crippen LogP contribution in [0, 0.1) is 0 Å². The van der Waals surface area contributed by atoms with Crippen LogP contribution in [0.15, 0.2) is 17.9 Å². The van der Waals surface area contributed by atoms with E-state index in [2.05, 4.69) is 4.98 Å². The quantitative estimate of drug-likeness (QED) is 0.292. The van der Waals surface area contributed by atoms with Crippen LogP contribution in [0.2, 0.25) is 0 Å². The van der Waals surface area contributed by atoms with Crippen LogP contribution < -0.4 is 14.2 Å². The maximum Gasteiger partial charge on any atom is 0.308 e. The number of aromatic nitrogens is 1. The van der Waals surface area contributed by atoms with Crippen LogP contribution in [0.1, 0.15) is 57.6 Å². The molecular weight excluding hydrogens is 522 g/mol. The third-order valence-electron chi connectivity index (χ3n) is 4.69. The molecule has 1 heterocycles. The second-order valence-corrected chi connectivity index (χ2v) is 8.00. The molecule has 1 aliphatic carbocycles. The Balaban J connectivity index is 2.50. The molecule has 0 saturated carbocycles. The van der Waals surface area contributed by atoms with Gasteiger partial charge in [0, 0.05) is 46.9 Å². The van der Waals surface area contributed by atoms with Crippen LogP contribution in [0.5, 0.6) is 17.2 Å². The standard InChI is InChI=1S/C25H21NO13/c1-9(27)34-17-8-15-7-16-19(26-18(15)22(36-11(3)29)21(17)35-10(2)28)23(37-12(4)30)25(39-14(6)32)24(20(16)33)38-13(5)31/h7-8,24H,1-6H3. The first-order valence-electron chi connectivity index (χ1n) is 11.1. The van der Waals surface area contributed by atoms with Gasteiger partial charge in [0.15, 0.2) is 11.5 Å². The highest BCUT2D eigenvalue weighted by molar-refractivity contribution is 6.11. The molecule has 1 aromatic heterocycles. The lowest BCUT2D eigenvalue weighted by Gasteiger charge is -2.27. The van der Waals surface area contributed by atoms with Gasteiger partial charge in [-0.3, -0.25) is 33.6 Å². The molecule has 1 aliphatic rings. The molecule has 14 nitrogen and oxygen atoms in total. The number of nitrogens with zero attached hydrogens (tertiary/aromatic N) is 1. The topological polar surface area (TPSA) is 188 Å². The molecule has 1 unspecified atom stereocenters. The SMILES string of the molecule is CC(=O)OC1=C(OC(C)=O)C(OC(C)=O)C(=O)c2cc3cc(OC(C)=O)c(OC(C)=O)c(OC(C)=O)c3nc21. The smallest absolute Gasteiger partial charge is 0.308 e. The van der Waals surface area contributed by atoms with Gasteiger partial charge < -0.3 is 28.4 Å². The summed E-state index contributed by atoms with van der Waals surface area (Å²) in [7, 11) is 0. The van der Waals surface area contributed by atoms with Crippen molar-refractivity contribution in [1.29, 1.82) is 0 Å². The summed E-state index contributed by atoms with van der Waals surface area (Å²) in [5.41, 5.74) is -0.824. The fourth-order valence-electron chi connectivity index (χ4n) is 3.58. The molecule has 14 heteroatoms. The van der Waals surface area contributed by atoms with E-state index in [-0.39, 0.29) is 27.9 Å². The van der Waals surface area contributed by atoms with Crippen molar-refractivity contribution in [3.8, 4) is 17.2 Å². The molecule has 0 amide bonds. The number of carbonyl (C=O) groups excluding carboxylic acids is 7. The van der Waals surface area contributed by atoms with Gasteiger partial charge in [-0.15, -0.1) is 0 Å². The summed E-state index contributed by atoms with van der Waals surface area (Å²) in [4.78, 5) is 88.8. The molecule has 0 fully saturated rings. The zero-order valence-electron chi connectivity index (χ0n) is 21.5. The second kappa shape index (κ2) is 11.1. The van der Waals surface area contributed by atoms with Gasteiger partial charge in [0.05, 0.1) is 5.56 Å². The van der Waals surface area contributed by atoms with Gasteiger partial charge in [0.25, 0.3) is 0 Å². The molecule has 0 saturated heterocycles. The Hall–Kier alpha value is -5.14. The fraction of sp³-hybridized carbons (Fsp3) is 0.280. The third-order valence-corrected chi connectivity index (χ3v) is 4.69. The van der Waals surface area contributed by atoms with Crippen molar-refractivity contribution in [3.05, 3.63) is 29.1 Å². The first-order chi connectivity index (χ1) is 18.2. The van der Waals surface area contributed by atoms with Crippen molar-refractivity contribution >= 4 is 58.3 Å². The number of fused-ring (bicyclic) bond motifs is 2. The highest BCUT2D eigenvalue weighted by Crippen LogP contribution is 2.45. The number of ether oxygens (including phenoxy) is 6. The molecule has 0 spiro atoms. The van der Waals surface area contributed by atoms with Crippen LogP contribution in [0.4, 0.5) is 0 Å². The number of ketones is 1. The van der Waals surface area contributed by atoms with Crippen LogP contribution >= 0.6 is 0 Å². The van der Waals surface area contributed by atoms with Gasteiger partial charge in [-0.2, -0.15) is 0 Å². The van der Waals surface area contributed by atoms with Gasteiger partial charge in [-0.05, 0) is 12.1 Å². The summed E-state index contributed by atoms with van der Waals surface area (Å²) in [6, 6.07) is 2.38. The lowest BCUT2D eigenvalue weighted by atomic mass is 9.93. The van der Waals surface area contributed by atoms with Crippen LogP contribution in [-0.2, 0) is 43.0 Å². The van der Waals surface area contributed by atoms with E-state index in [1.54, 1.807) is 0 Å². The minimum Gasteiger partial charge on any atom is -0.446 e. The van der Waals surface area contributed by atoms with E-state index in [0.717, 1.165) is 41.5 Å². The van der Waals surface area contributed by atoms with Gasteiger partial charge in [-0.1, -0.05) is 0 Å². The highest BCUT2D eigenvalue weighted by atomic mass is 16.6. The van der Waals surface area contributed by atoms with E-state index in [9.17, 15) is 33.6 Å². The summed E-state index contributed by atoms with van der Waals surface area (Å²) in [5.74, 6) is -8.71. The monoisotopic (exact) mass is 543 g/mol. The predicted octanol–water partition coefficient (Wildman–Crippen LogP) is 1.93. The molecule has 2 aromatic rings. The van der Waals surface area contributed by atoms with E-state index in [1.165, 1.54) is 12.1 Å². The largest absolute Gasteiger partial charge is 0.446 e. The Kier molecular flexibility index (Phi) is 8.08. The normalized spacial score (nSPS) is 14.2. The zero-order valence-corrected chi connectivity index (χ0v) is 21.5. The Bertz CT molecular complexity index is 1500. The maximum atomic E-state index is 13.4. The third kappa shape index (κ3) is 6.23. The molecule has 39 heavy (non-hydrogen) atoms. The average Bonchev–Trinajstić information content (AvgIpc) is 2.78. The van der Waals surface area contributed by atoms with Crippen LogP contribution in [0.25, 0.3) is 16.7 Å². The van der Waals surface area contributed by atoms with Gasteiger partial charge in [0.2, 0.25) is 29.1 Å². The summed E-state index contributed by atoms with van der Waals surface area (Å²) < 4.78 is 30.9. The molecule has 3 rings (SSSR count). The molecule has 0 radical (unpaired) electrons. The summed E-state index contributed by atoms with van der Waals surface area (Å²) in [6.07, 6.45) is -1.83. The Morgan fingerprint density at radius 2 is 1.21 bits per heavy atom. The number of esters is 6. The molecule has 0 aliphatic heterocycles. The highest BCUT2D eigenvalue weighted by Gasteiger charge is 2.42. The number of rotatable bonds is 6. The predicted molar refractivity (Wildman–Crippen MR) is 126 cm³/mol. The van der Waals surface area contributed by atoms with Crippen molar-refractivity contribution in [3.63, 3.8) is 0 Å². The number of carbonyl (C=O) groups is 7. The van der Waals surface area contributed by atoms with E-state index in [0.29, 0.717) is 0 Å². The summed E-state index contributed by atoms with van der Waals surface area (Å²) in [5, 5.41) is 0.0326. The zero-order chi connectivity index (χ0) is 29.2. The lowest BCUT2D eigenvalue weighted by Crippen LogP contribution is -2.36. The second-order valence-electron chi connectivity index (χ2n) is 8.00. The summed E-state index contributed by atoms with van der Waals surface area (Å²) in [6.45, 7) is 6.17. The fourth-order valence-corrected chi connectivity index (χ4v) is 3.58. The van der Waals surface area contributed by atoms with E-state index < -0.39 is 70.7 Å². The molecule has 0 N–H and O–H groups in total. The Morgan fingerprint density at radius 1 is 0.667 bits per heavy atom. The van der Waals surface area contributed by atoms with Gasteiger partial charge in [-0.25, -0.2) is 4.98 Å². The van der Waals surface area contributed by atoms with Gasteiger partial charge >= 0.3 is 35.8 Å². The molecule has 1 aromatic carbocycles. The van der Waals surface area contributed by atoms with Gasteiger partial charge in [0.1, 0.15) is 11.2 Å². The van der Waals surface area contributed by atoms with Crippen molar-refractivity contribution in [1.82, 2.24) is 4.98 Å². The molecule has 0 bridgehead atoms. The van der Waals surface area contributed by atoms with Crippen molar-refractivity contribution < 1.29 is 62.0 Å². The first-order valence-corrected chi connectivity index (χ1v) is 11.1. The lowest BCUT2D eigenvalue weighted by molar-refractivity contribution is -0.148. The van der Waals surface area contributed by atoms with E-state index in [1.807, 2.05) is 0 Å². The number of hydrogen-bond acceptors (Lipinski definition) is 14. The number of pyridine rings is 1. The van der Waals surface area contributed by atoms with Crippen molar-refractivity contribution in [2.24, 2.45) is 0 Å². The number of hydrogen-bond donors (Lipinski definition) is 0. The van der Waals surface area contributed by atoms with Crippen molar-refractivity contribution in [2.75, 3.05) is 0 Å². The van der Waals surface area contributed by atoms with E-state index >= 15 is 0 Å².